The number of hydrogen-bond donors (Lipinski definition) is 0. The zero-order valence-electron chi connectivity index (χ0n) is 26.5. The summed E-state index contributed by atoms with van der Waals surface area (Å²) in [5, 5.41) is 12.0. The number of hydrogen-bond acceptors (Lipinski definition) is 4. The van der Waals surface area contributed by atoms with Gasteiger partial charge in [0, 0.05) is 38.6 Å². The van der Waals surface area contributed by atoms with E-state index in [1.54, 1.807) is 6.07 Å². The van der Waals surface area contributed by atoms with Gasteiger partial charge in [-0.15, -0.1) is 0 Å². The molecule has 0 bridgehead atoms. The Morgan fingerprint density at radius 2 is 1.17 bits per heavy atom. The number of nitrogens with zero attached hydrogens (tertiary/aromatic N) is 5. The van der Waals surface area contributed by atoms with Gasteiger partial charge in [-0.2, -0.15) is 5.26 Å². The summed E-state index contributed by atoms with van der Waals surface area (Å²) in [5.41, 5.74) is 11.7. The molecule has 226 valence electrons. The molecule has 0 unspecified atom stereocenters. The highest BCUT2D eigenvalue weighted by atomic mass is 15.0. The number of nitriles is 1. The molecular weight excluding hydrogens is 587 g/mol. The summed E-state index contributed by atoms with van der Waals surface area (Å²) in [6.45, 7) is 4.65. The summed E-state index contributed by atoms with van der Waals surface area (Å²) >= 11 is 0. The monoisotopic (exact) mass is 615 g/mol. The van der Waals surface area contributed by atoms with Crippen LogP contribution in [0.1, 0.15) is 30.5 Å². The molecule has 1 aliphatic rings. The molecule has 0 atom stereocenters. The SMILES string of the molecule is CC1(C)c2ccccc2-c2cc3c4ccccc4n(-c4cccc(-c5nc(-c6ccccc6)nc(-c6cccc(C#N)c6)n5)c4)c3cc21. The first-order chi connectivity index (χ1) is 23.5. The van der Waals surface area contributed by atoms with Crippen LogP contribution in [0.5, 0.6) is 0 Å². The van der Waals surface area contributed by atoms with E-state index in [4.69, 9.17) is 15.0 Å². The highest BCUT2D eigenvalue weighted by molar-refractivity contribution is 6.11. The molecule has 1 aliphatic carbocycles. The van der Waals surface area contributed by atoms with Crippen molar-refractivity contribution in [1.29, 1.82) is 5.26 Å². The number of aromatic nitrogens is 4. The Balaban J connectivity index is 1.26. The summed E-state index contributed by atoms with van der Waals surface area (Å²) in [4.78, 5) is 14.8. The second-order valence-electron chi connectivity index (χ2n) is 12.9. The Morgan fingerprint density at radius 1 is 0.521 bits per heavy atom. The number of fused-ring (bicyclic) bond motifs is 6. The number of benzene rings is 6. The van der Waals surface area contributed by atoms with Crippen LogP contribution in [0.2, 0.25) is 0 Å². The van der Waals surface area contributed by atoms with Crippen molar-refractivity contribution < 1.29 is 0 Å². The van der Waals surface area contributed by atoms with Crippen molar-refractivity contribution >= 4 is 21.8 Å². The topological polar surface area (TPSA) is 67.4 Å². The lowest BCUT2D eigenvalue weighted by Crippen LogP contribution is -2.14. The first kappa shape index (κ1) is 27.9. The lowest BCUT2D eigenvalue weighted by molar-refractivity contribution is 0.661. The van der Waals surface area contributed by atoms with Crippen LogP contribution in [0.3, 0.4) is 0 Å². The van der Waals surface area contributed by atoms with E-state index in [9.17, 15) is 5.26 Å². The maximum atomic E-state index is 9.57. The number of rotatable bonds is 4. The summed E-state index contributed by atoms with van der Waals surface area (Å²) in [5.74, 6) is 1.68. The average Bonchev–Trinajstić information content (AvgIpc) is 3.59. The van der Waals surface area contributed by atoms with Crippen LogP contribution >= 0.6 is 0 Å². The Morgan fingerprint density at radius 3 is 1.96 bits per heavy atom. The quantitative estimate of drug-likeness (QED) is 0.198. The molecule has 0 radical (unpaired) electrons. The maximum Gasteiger partial charge on any atom is 0.164 e. The van der Waals surface area contributed by atoms with Gasteiger partial charge in [0.25, 0.3) is 0 Å². The lowest BCUT2D eigenvalue weighted by Gasteiger charge is -2.21. The van der Waals surface area contributed by atoms with Crippen molar-refractivity contribution in [2.75, 3.05) is 0 Å². The zero-order chi connectivity index (χ0) is 32.4. The molecule has 5 heteroatoms. The van der Waals surface area contributed by atoms with E-state index < -0.39 is 0 Å². The molecular formula is C43H29N5. The molecule has 0 spiro atoms. The minimum Gasteiger partial charge on any atom is -0.309 e. The van der Waals surface area contributed by atoms with Crippen molar-refractivity contribution in [3.63, 3.8) is 0 Å². The minimum absolute atomic E-state index is 0.110. The van der Waals surface area contributed by atoms with Crippen molar-refractivity contribution in [3.05, 3.63) is 156 Å². The summed E-state index contributed by atoms with van der Waals surface area (Å²) in [6, 6.07) is 50.2. The average molecular weight is 616 g/mol. The van der Waals surface area contributed by atoms with E-state index in [1.165, 1.54) is 38.5 Å². The third-order valence-electron chi connectivity index (χ3n) is 9.66. The molecule has 0 fully saturated rings. The molecule has 0 N–H and O–H groups in total. The highest BCUT2D eigenvalue weighted by Crippen LogP contribution is 2.51. The molecule has 8 aromatic rings. The van der Waals surface area contributed by atoms with E-state index >= 15 is 0 Å². The Bertz CT molecular complexity index is 2610. The van der Waals surface area contributed by atoms with Gasteiger partial charge in [0.05, 0.1) is 22.7 Å². The Hall–Kier alpha value is -6.38. The molecule has 0 amide bonds. The van der Waals surface area contributed by atoms with Crippen LogP contribution in [-0.2, 0) is 5.41 Å². The smallest absolute Gasteiger partial charge is 0.164 e. The van der Waals surface area contributed by atoms with Gasteiger partial charge in [0.2, 0.25) is 0 Å². The minimum atomic E-state index is -0.110. The van der Waals surface area contributed by atoms with Crippen LogP contribution in [0.25, 0.3) is 72.8 Å². The van der Waals surface area contributed by atoms with Crippen molar-refractivity contribution in [3.8, 4) is 57.0 Å². The van der Waals surface area contributed by atoms with Crippen molar-refractivity contribution in [2.24, 2.45) is 0 Å². The Labute approximate surface area is 278 Å². The van der Waals surface area contributed by atoms with Gasteiger partial charge in [0.15, 0.2) is 17.5 Å². The molecule has 2 heterocycles. The van der Waals surface area contributed by atoms with Crippen LogP contribution < -0.4 is 0 Å². The van der Waals surface area contributed by atoms with E-state index in [-0.39, 0.29) is 5.41 Å². The van der Waals surface area contributed by atoms with Gasteiger partial charge >= 0.3 is 0 Å². The molecule has 0 aliphatic heterocycles. The molecule has 9 rings (SSSR count). The summed E-state index contributed by atoms with van der Waals surface area (Å²) in [6.07, 6.45) is 0. The molecule has 6 aromatic carbocycles. The predicted octanol–water partition coefficient (Wildman–Crippen LogP) is 10.1. The van der Waals surface area contributed by atoms with Crippen LogP contribution in [0.4, 0.5) is 0 Å². The first-order valence-corrected chi connectivity index (χ1v) is 16.1. The zero-order valence-corrected chi connectivity index (χ0v) is 26.5. The van der Waals surface area contributed by atoms with E-state index in [0.29, 0.717) is 23.0 Å². The van der Waals surface area contributed by atoms with Crippen LogP contribution in [0, 0.1) is 11.3 Å². The first-order valence-electron chi connectivity index (χ1n) is 16.1. The van der Waals surface area contributed by atoms with Gasteiger partial charge in [-0.05, 0) is 64.7 Å². The van der Waals surface area contributed by atoms with Gasteiger partial charge < -0.3 is 4.57 Å². The summed E-state index contributed by atoms with van der Waals surface area (Å²) in [7, 11) is 0. The largest absolute Gasteiger partial charge is 0.309 e. The fourth-order valence-corrected chi connectivity index (χ4v) is 7.30. The normalized spacial score (nSPS) is 12.9. The van der Waals surface area contributed by atoms with Crippen molar-refractivity contribution in [2.45, 2.75) is 19.3 Å². The molecule has 0 saturated carbocycles. The third kappa shape index (κ3) is 4.27. The van der Waals surface area contributed by atoms with Gasteiger partial charge in [-0.3, -0.25) is 0 Å². The fraction of sp³-hybridized carbons (Fsp3) is 0.0698. The van der Waals surface area contributed by atoms with Gasteiger partial charge in [-0.25, -0.2) is 15.0 Å². The molecule has 48 heavy (non-hydrogen) atoms. The molecule has 5 nitrogen and oxygen atoms in total. The second-order valence-corrected chi connectivity index (χ2v) is 12.9. The lowest BCUT2D eigenvalue weighted by atomic mass is 9.82. The maximum absolute atomic E-state index is 9.57. The standard InChI is InChI=1S/C43H29N5/c1-43(2)36-20-8-6-18-32(36)34-24-35-33-19-7-9-21-38(33)48(39(35)25-37(34)43)31-17-11-16-30(23-31)42-46-40(28-13-4-3-5-14-28)45-41(47-42)29-15-10-12-27(22-29)26-44/h3-25H,1-2H3. The van der Waals surface area contributed by atoms with Crippen LogP contribution in [-0.4, -0.2) is 19.5 Å². The molecule has 0 saturated heterocycles. The van der Waals surface area contributed by atoms with E-state index in [0.717, 1.165) is 27.9 Å². The second kappa shape index (κ2) is 10.6. The van der Waals surface area contributed by atoms with Gasteiger partial charge in [-0.1, -0.05) is 111 Å². The van der Waals surface area contributed by atoms with E-state index in [2.05, 4.69) is 109 Å². The third-order valence-corrected chi connectivity index (χ3v) is 9.66. The number of para-hydroxylation sites is 1. The Kier molecular flexibility index (Phi) is 6.15. The fourth-order valence-electron chi connectivity index (χ4n) is 7.30. The van der Waals surface area contributed by atoms with E-state index in [1.807, 2.05) is 48.5 Å². The van der Waals surface area contributed by atoms with Crippen molar-refractivity contribution in [1.82, 2.24) is 19.5 Å². The predicted molar refractivity (Wildman–Crippen MR) is 193 cm³/mol. The molecule has 2 aromatic heterocycles. The highest BCUT2D eigenvalue weighted by Gasteiger charge is 2.36. The summed E-state index contributed by atoms with van der Waals surface area (Å²) < 4.78 is 2.37. The van der Waals surface area contributed by atoms with Crippen LogP contribution in [0.15, 0.2) is 140 Å². The van der Waals surface area contributed by atoms with Gasteiger partial charge in [0.1, 0.15) is 0 Å².